The fraction of sp³-hybridized carbons (Fsp3) is 0.211. The van der Waals surface area contributed by atoms with Crippen LogP contribution in [0.3, 0.4) is 0 Å². The summed E-state index contributed by atoms with van der Waals surface area (Å²) >= 11 is 0. The molecule has 1 amide bonds. The molecule has 0 fully saturated rings. The summed E-state index contributed by atoms with van der Waals surface area (Å²) in [5, 5.41) is 14.5. The van der Waals surface area contributed by atoms with E-state index < -0.39 is 5.97 Å². The molecule has 0 aromatic heterocycles. The zero-order valence-electron chi connectivity index (χ0n) is 13.4. The summed E-state index contributed by atoms with van der Waals surface area (Å²) < 4.78 is 13.5. The van der Waals surface area contributed by atoms with Crippen LogP contribution < -0.4 is 0 Å². The number of carboxylic acid groups (broad SMARTS) is 1. The summed E-state index contributed by atoms with van der Waals surface area (Å²) in [5.74, 6) is -1.76. The van der Waals surface area contributed by atoms with Gasteiger partial charge in [0.1, 0.15) is 5.82 Å². The van der Waals surface area contributed by atoms with E-state index in [4.69, 9.17) is 5.11 Å². The zero-order valence-corrected chi connectivity index (χ0v) is 13.4. The van der Waals surface area contributed by atoms with Crippen molar-refractivity contribution in [1.29, 1.82) is 0 Å². The fourth-order valence-electron chi connectivity index (χ4n) is 2.85. The maximum atomic E-state index is 13.5. The van der Waals surface area contributed by atoms with Crippen LogP contribution in [0, 0.1) is 5.82 Å². The first kappa shape index (κ1) is 16.8. The first-order valence-electron chi connectivity index (χ1n) is 7.97. The summed E-state index contributed by atoms with van der Waals surface area (Å²) in [6.45, 7) is 0. The van der Waals surface area contributed by atoms with E-state index in [2.05, 4.69) is 5.10 Å². The normalized spacial score (nSPS) is 16.6. The first-order valence-corrected chi connectivity index (χ1v) is 7.97. The van der Waals surface area contributed by atoms with Crippen molar-refractivity contribution in [3.63, 3.8) is 0 Å². The largest absolute Gasteiger partial charge is 0.481 e. The molecule has 5 nitrogen and oxygen atoms in total. The molecule has 2 aromatic rings. The lowest BCUT2D eigenvalue weighted by molar-refractivity contribution is -0.141. The highest BCUT2D eigenvalue weighted by Crippen LogP contribution is 2.33. The molecule has 1 heterocycles. The Hall–Kier alpha value is -3.02. The molecule has 1 N–H and O–H groups in total. The van der Waals surface area contributed by atoms with Gasteiger partial charge in [0.15, 0.2) is 0 Å². The van der Waals surface area contributed by atoms with Gasteiger partial charge in [0, 0.05) is 18.4 Å². The van der Waals surface area contributed by atoms with Crippen molar-refractivity contribution in [3.05, 3.63) is 71.5 Å². The number of aliphatic carboxylic acids is 1. The van der Waals surface area contributed by atoms with Gasteiger partial charge in [0.05, 0.1) is 18.2 Å². The third-order valence-corrected chi connectivity index (χ3v) is 4.06. The molecule has 1 unspecified atom stereocenters. The predicted octanol–water partition coefficient (Wildman–Crippen LogP) is 3.37. The molecule has 2 aromatic carbocycles. The Morgan fingerprint density at radius 2 is 1.88 bits per heavy atom. The Kier molecular flexibility index (Phi) is 4.88. The van der Waals surface area contributed by atoms with Gasteiger partial charge in [-0.25, -0.2) is 9.40 Å². The van der Waals surface area contributed by atoms with Crippen LogP contribution in [0.5, 0.6) is 0 Å². The summed E-state index contributed by atoms with van der Waals surface area (Å²) in [6, 6.07) is 15.2. The highest BCUT2D eigenvalue weighted by molar-refractivity contribution is 6.03. The van der Waals surface area contributed by atoms with E-state index in [1.165, 1.54) is 17.1 Å². The molecular formula is C19H17FN2O3. The number of amides is 1. The number of hydrazone groups is 1. The SMILES string of the molecule is O=C(O)CCC(=O)N1N=C(c2cccc(F)c2)CC1c1ccccc1. The number of nitrogens with zero attached hydrogens (tertiary/aromatic N) is 2. The van der Waals surface area contributed by atoms with Gasteiger partial charge in [-0.3, -0.25) is 9.59 Å². The molecule has 0 radical (unpaired) electrons. The first-order chi connectivity index (χ1) is 12.0. The monoisotopic (exact) mass is 340 g/mol. The van der Waals surface area contributed by atoms with Crippen LogP contribution in [-0.2, 0) is 9.59 Å². The lowest BCUT2D eigenvalue weighted by Gasteiger charge is -2.21. The zero-order chi connectivity index (χ0) is 17.8. The van der Waals surface area contributed by atoms with Gasteiger partial charge >= 0.3 is 5.97 Å². The number of carboxylic acids is 1. The molecule has 6 heteroatoms. The quantitative estimate of drug-likeness (QED) is 0.907. The molecule has 25 heavy (non-hydrogen) atoms. The minimum Gasteiger partial charge on any atom is -0.481 e. The Morgan fingerprint density at radius 1 is 1.12 bits per heavy atom. The van der Waals surface area contributed by atoms with E-state index in [1.54, 1.807) is 12.1 Å². The Labute approximate surface area is 144 Å². The van der Waals surface area contributed by atoms with E-state index >= 15 is 0 Å². The molecule has 0 spiro atoms. The number of carbonyl (C=O) groups excluding carboxylic acids is 1. The summed E-state index contributed by atoms with van der Waals surface area (Å²) in [5.41, 5.74) is 2.13. The molecule has 128 valence electrons. The molecule has 1 aliphatic rings. The highest BCUT2D eigenvalue weighted by atomic mass is 19.1. The third-order valence-electron chi connectivity index (χ3n) is 4.06. The third kappa shape index (κ3) is 3.91. The maximum absolute atomic E-state index is 13.5. The second-order valence-electron chi connectivity index (χ2n) is 5.82. The second-order valence-corrected chi connectivity index (χ2v) is 5.82. The standard InChI is InChI=1S/C19H17FN2O3/c20-15-8-4-7-14(11-15)16-12-17(13-5-2-1-3-6-13)22(21-16)18(23)9-10-19(24)25/h1-8,11,17H,9-10,12H2,(H,24,25). The van der Waals surface area contributed by atoms with Crippen LogP contribution in [-0.4, -0.2) is 27.7 Å². The molecule has 0 saturated carbocycles. The van der Waals surface area contributed by atoms with Gasteiger partial charge in [0.2, 0.25) is 5.91 Å². The van der Waals surface area contributed by atoms with Gasteiger partial charge in [-0.15, -0.1) is 0 Å². The van der Waals surface area contributed by atoms with Gasteiger partial charge in [-0.1, -0.05) is 42.5 Å². The van der Waals surface area contributed by atoms with Crippen molar-refractivity contribution in [2.24, 2.45) is 5.10 Å². The van der Waals surface area contributed by atoms with Crippen molar-refractivity contribution in [3.8, 4) is 0 Å². The van der Waals surface area contributed by atoms with E-state index in [0.29, 0.717) is 17.7 Å². The Balaban J connectivity index is 1.90. The maximum Gasteiger partial charge on any atom is 0.303 e. The van der Waals surface area contributed by atoms with Crippen LogP contribution in [0.15, 0.2) is 59.7 Å². The lowest BCUT2D eigenvalue weighted by Crippen LogP contribution is -2.27. The number of hydrogen-bond donors (Lipinski definition) is 1. The minimum absolute atomic E-state index is 0.126. The number of rotatable bonds is 5. The molecule has 1 atom stereocenters. The van der Waals surface area contributed by atoms with Crippen LogP contribution in [0.2, 0.25) is 0 Å². The van der Waals surface area contributed by atoms with Crippen molar-refractivity contribution < 1.29 is 19.1 Å². The van der Waals surface area contributed by atoms with Crippen molar-refractivity contribution in [2.45, 2.75) is 25.3 Å². The number of halogens is 1. The molecule has 0 saturated heterocycles. The molecule has 1 aliphatic heterocycles. The van der Waals surface area contributed by atoms with Gasteiger partial charge in [-0.05, 0) is 17.7 Å². The van der Waals surface area contributed by atoms with Crippen LogP contribution >= 0.6 is 0 Å². The lowest BCUT2D eigenvalue weighted by atomic mass is 9.98. The molecule has 0 bridgehead atoms. The van der Waals surface area contributed by atoms with Crippen LogP contribution in [0.1, 0.15) is 36.4 Å². The number of benzene rings is 2. The van der Waals surface area contributed by atoms with Crippen molar-refractivity contribution in [1.82, 2.24) is 5.01 Å². The number of hydrogen-bond acceptors (Lipinski definition) is 3. The summed E-state index contributed by atoms with van der Waals surface area (Å²) in [6.07, 6.45) is 0.0759. The van der Waals surface area contributed by atoms with E-state index in [9.17, 15) is 14.0 Å². The average Bonchev–Trinajstić information content (AvgIpc) is 3.06. The van der Waals surface area contributed by atoms with E-state index in [1.807, 2.05) is 30.3 Å². The summed E-state index contributed by atoms with van der Waals surface area (Å²) in [7, 11) is 0. The van der Waals surface area contributed by atoms with Crippen LogP contribution in [0.25, 0.3) is 0 Å². The van der Waals surface area contributed by atoms with E-state index in [-0.39, 0.29) is 30.6 Å². The van der Waals surface area contributed by atoms with Crippen LogP contribution in [0.4, 0.5) is 4.39 Å². The fourth-order valence-corrected chi connectivity index (χ4v) is 2.85. The van der Waals surface area contributed by atoms with E-state index in [0.717, 1.165) is 5.56 Å². The Bertz CT molecular complexity index is 820. The predicted molar refractivity (Wildman–Crippen MR) is 90.5 cm³/mol. The topological polar surface area (TPSA) is 70.0 Å². The average molecular weight is 340 g/mol. The molecular weight excluding hydrogens is 323 g/mol. The number of carbonyl (C=O) groups is 2. The van der Waals surface area contributed by atoms with Gasteiger partial charge in [0.25, 0.3) is 0 Å². The highest BCUT2D eigenvalue weighted by Gasteiger charge is 2.33. The molecule has 3 rings (SSSR count). The summed E-state index contributed by atoms with van der Waals surface area (Å²) in [4.78, 5) is 23.2. The van der Waals surface area contributed by atoms with Crippen molar-refractivity contribution in [2.75, 3.05) is 0 Å². The molecule has 0 aliphatic carbocycles. The Morgan fingerprint density at radius 3 is 2.56 bits per heavy atom. The van der Waals surface area contributed by atoms with Gasteiger partial charge < -0.3 is 5.11 Å². The smallest absolute Gasteiger partial charge is 0.303 e. The second kappa shape index (κ2) is 7.25. The van der Waals surface area contributed by atoms with Gasteiger partial charge in [-0.2, -0.15) is 5.10 Å². The van der Waals surface area contributed by atoms with Crippen molar-refractivity contribution >= 4 is 17.6 Å². The minimum atomic E-state index is -1.03.